The van der Waals surface area contributed by atoms with Gasteiger partial charge in [0, 0.05) is 6.07 Å². The Kier molecular flexibility index (Phi) is 2.50. The molecule has 1 N–H and O–H groups in total. The van der Waals surface area contributed by atoms with Gasteiger partial charge in [-0.1, -0.05) is 0 Å². The molecule has 14 heavy (non-hydrogen) atoms. The number of fused-ring (bicyclic) bond motifs is 1. The molecule has 0 radical (unpaired) electrons. The van der Waals surface area contributed by atoms with Gasteiger partial charge in [0.2, 0.25) is 0 Å². The van der Waals surface area contributed by atoms with E-state index < -0.39 is 11.6 Å². The van der Waals surface area contributed by atoms with Gasteiger partial charge in [0.05, 0.1) is 6.10 Å². The number of aryl methyl sites for hydroxylation is 1. The Bertz CT molecular complexity index is 349. The molecule has 0 aliphatic heterocycles. The van der Waals surface area contributed by atoms with E-state index in [1.807, 2.05) is 0 Å². The van der Waals surface area contributed by atoms with Gasteiger partial charge in [-0.05, 0) is 42.9 Å². The minimum Gasteiger partial charge on any atom is -0.393 e. The molecule has 1 aromatic rings. The molecular formula is C11H12F2O. The Hall–Kier alpha value is -0.960. The van der Waals surface area contributed by atoms with Crippen molar-refractivity contribution in [2.24, 2.45) is 0 Å². The highest BCUT2D eigenvalue weighted by atomic mass is 19.1. The van der Waals surface area contributed by atoms with Gasteiger partial charge in [0.15, 0.2) is 0 Å². The fraction of sp³-hybridized carbons (Fsp3) is 0.455. The van der Waals surface area contributed by atoms with Crippen molar-refractivity contribution in [3.8, 4) is 0 Å². The highest BCUT2D eigenvalue weighted by Gasteiger charge is 2.17. The minimum absolute atomic E-state index is 0.384. The molecule has 1 aromatic carbocycles. The lowest BCUT2D eigenvalue weighted by Gasteiger charge is -2.06. The molecule has 1 aliphatic rings. The highest BCUT2D eigenvalue weighted by molar-refractivity contribution is 5.30. The lowest BCUT2D eigenvalue weighted by molar-refractivity contribution is 0.158. The second kappa shape index (κ2) is 3.65. The predicted molar refractivity (Wildman–Crippen MR) is 49.0 cm³/mol. The topological polar surface area (TPSA) is 20.2 Å². The molecule has 1 atom stereocenters. The summed E-state index contributed by atoms with van der Waals surface area (Å²) in [6.45, 7) is 0. The Balaban J connectivity index is 2.40. The van der Waals surface area contributed by atoms with E-state index in [9.17, 15) is 13.9 Å². The van der Waals surface area contributed by atoms with Crippen molar-refractivity contribution in [2.75, 3.05) is 0 Å². The molecule has 3 heteroatoms. The number of aliphatic hydroxyl groups is 1. The number of benzene rings is 1. The van der Waals surface area contributed by atoms with E-state index in [0.29, 0.717) is 36.8 Å². The first kappa shape index (κ1) is 9.59. The summed E-state index contributed by atoms with van der Waals surface area (Å²) in [5.41, 5.74) is 1.28. The fourth-order valence-electron chi connectivity index (χ4n) is 1.94. The third kappa shape index (κ3) is 1.77. The maximum absolute atomic E-state index is 13.3. The van der Waals surface area contributed by atoms with Crippen molar-refractivity contribution in [3.63, 3.8) is 0 Å². The molecule has 0 saturated carbocycles. The Morgan fingerprint density at radius 3 is 2.64 bits per heavy atom. The summed E-state index contributed by atoms with van der Waals surface area (Å²) in [5.74, 6) is -1.01. The molecule has 1 aliphatic carbocycles. The lowest BCUT2D eigenvalue weighted by atomic mass is 10.0. The largest absolute Gasteiger partial charge is 0.393 e. The summed E-state index contributed by atoms with van der Waals surface area (Å²) in [5, 5.41) is 9.41. The first-order chi connectivity index (χ1) is 6.66. The predicted octanol–water partition coefficient (Wildman–Crippen LogP) is 2.20. The van der Waals surface area contributed by atoms with Gasteiger partial charge in [-0.25, -0.2) is 8.78 Å². The van der Waals surface area contributed by atoms with Crippen LogP contribution in [-0.2, 0) is 12.8 Å². The number of hydrogen-bond acceptors (Lipinski definition) is 1. The number of rotatable bonds is 0. The van der Waals surface area contributed by atoms with Crippen LogP contribution in [0.25, 0.3) is 0 Å². The third-order valence-corrected chi connectivity index (χ3v) is 2.73. The Morgan fingerprint density at radius 2 is 1.86 bits per heavy atom. The fourth-order valence-corrected chi connectivity index (χ4v) is 1.94. The normalized spacial score (nSPS) is 21.5. The lowest BCUT2D eigenvalue weighted by Crippen LogP contribution is -2.05. The standard InChI is InChI=1S/C11H12F2O/c12-8-5-7-1-2-9(14)3-4-10(7)11(13)6-8/h5-6,9,14H,1-4H2. The summed E-state index contributed by atoms with van der Waals surface area (Å²) >= 11 is 0. The van der Waals surface area contributed by atoms with Crippen LogP contribution in [0.4, 0.5) is 8.78 Å². The van der Waals surface area contributed by atoms with Gasteiger partial charge in [-0.3, -0.25) is 0 Å². The van der Waals surface area contributed by atoms with E-state index in [2.05, 4.69) is 0 Å². The quantitative estimate of drug-likeness (QED) is 0.634. The van der Waals surface area contributed by atoms with Gasteiger partial charge in [0.25, 0.3) is 0 Å². The minimum atomic E-state index is -0.530. The van der Waals surface area contributed by atoms with E-state index in [1.165, 1.54) is 6.07 Å². The van der Waals surface area contributed by atoms with E-state index in [4.69, 9.17) is 0 Å². The summed E-state index contributed by atoms with van der Waals surface area (Å²) < 4.78 is 26.2. The van der Waals surface area contributed by atoms with Gasteiger partial charge < -0.3 is 5.11 Å². The van der Waals surface area contributed by atoms with Crippen LogP contribution in [0.3, 0.4) is 0 Å². The van der Waals surface area contributed by atoms with Crippen molar-refractivity contribution in [1.29, 1.82) is 0 Å². The van der Waals surface area contributed by atoms with Gasteiger partial charge in [0.1, 0.15) is 11.6 Å². The molecule has 0 saturated heterocycles. The zero-order valence-electron chi connectivity index (χ0n) is 7.76. The van der Waals surface area contributed by atoms with Crippen LogP contribution in [0.1, 0.15) is 24.0 Å². The van der Waals surface area contributed by atoms with E-state index in [0.717, 1.165) is 6.07 Å². The molecule has 0 aromatic heterocycles. The third-order valence-electron chi connectivity index (χ3n) is 2.73. The zero-order chi connectivity index (χ0) is 10.1. The molecule has 0 amide bonds. The summed E-state index contributed by atoms with van der Waals surface area (Å²) in [6, 6.07) is 2.28. The Morgan fingerprint density at radius 1 is 1.14 bits per heavy atom. The summed E-state index contributed by atoms with van der Waals surface area (Å²) in [4.78, 5) is 0. The number of aliphatic hydroxyl groups excluding tert-OH is 1. The van der Waals surface area contributed by atoms with Crippen molar-refractivity contribution >= 4 is 0 Å². The smallest absolute Gasteiger partial charge is 0.129 e. The molecule has 0 heterocycles. The number of halogens is 2. The molecule has 0 bridgehead atoms. The first-order valence-corrected chi connectivity index (χ1v) is 4.81. The van der Waals surface area contributed by atoms with E-state index >= 15 is 0 Å². The van der Waals surface area contributed by atoms with Crippen molar-refractivity contribution in [3.05, 3.63) is 34.9 Å². The van der Waals surface area contributed by atoms with Gasteiger partial charge in [-0.15, -0.1) is 0 Å². The molecule has 2 rings (SSSR count). The van der Waals surface area contributed by atoms with Crippen LogP contribution in [0.2, 0.25) is 0 Å². The summed E-state index contributed by atoms with van der Waals surface area (Å²) in [6.07, 6.45) is 1.84. The SMILES string of the molecule is OC1CCc2cc(F)cc(F)c2CC1. The van der Waals surface area contributed by atoms with Crippen LogP contribution < -0.4 is 0 Å². The second-order valence-corrected chi connectivity index (χ2v) is 3.76. The van der Waals surface area contributed by atoms with Crippen LogP contribution in [0.5, 0.6) is 0 Å². The maximum atomic E-state index is 13.3. The number of hydrogen-bond donors (Lipinski definition) is 1. The first-order valence-electron chi connectivity index (χ1n) is 4.81. The van der Waals surface area contributed by atoms with Crippen LogP contribution in [-0.4, -0.2) is 11.2 Å². The molecule has 0 fully saturated rings. The van der Waals surface area contributed by atoms with E-state index in [1.54, 1.807) is 0 Å². The highest BCUT2D eigenvalue weighted by Crippen LogP contribution is 2.24. The van der Waals surface area contributed by atoms with E-state index in [-0.39, 0.29) is 6.10 Å². The second-order valence-electron chi connectivity index (χ2n) is 3.76. The van der Waals surface area contributed by atoms with Gasteiger partial charge >= 0.3 is 0 Å². The van der Waals surface area contributed by atoms with Gasteiger partial charge in [-0.2, -0.15) is 0 Å². The molecule has 76 valence electrons. The van der Waals surface area contributed by atoms with Crippen LogP contribution in [0.15, 0.2) is 12.1 Å². The maximum Gasteiger partial charge on any atom is 0.129 e. The molecular weight excluding hydrogens is 186 g/mol. The van der Waals surface area contributed by atoms with Crippen molar-refractivity contribution in [2.45, 2.75) is 31.8 Å². The van der Waals surface area contributed by atoms with Crippen LogP contribution >= 0.6 is 0 Å². The van der Waals surface area contributed by atoms with Crippen molar-refractivity contribution < 1.29 is 13.9 Å². The molecule has 0 spiro atoms. The Labute approximate surface area is 81.4 Å². The van der Waals surface area contributed by atoms with Crippen molar-refractivity contribution in [1.82, 2.24) is 0 Å². The van der Waals surface area contributed by atoms with Crippen LogP contribution in [0, 0.1) is 11.6 Å². The molecule has 1 nitrogen and oxygen atoms in total. The zero-order valence-corrected chi connectivity index (χ0v) is 7.76. The monoisotopic (exact) mass is 198 g/mol. The molecule has 1 unspecified atom stereocenters. The average Bonchev–Trinajstić information content (AvgIpc) is 2.28. The average molecular weight is 198 g/mol. The summed E-state index contributed by atoms with van der Waals surface area (Å²) in [7, 11) is 0.